The molecule has 8 heteroatoms. The maximum absolute atomic E-state index is 11.3. The van der Waals surface area contributed by atoms with Crippen molar-refractivity contribution < 1.29 is 14.3 Å². The number of carbonyl (C=O) groups is 1. The average Bonchev–Trinajstić information content (AvgIpc) is 2.58. The van der Waals surface area contributed by atoms with Gasteiger partial charge in [0.1, 0.15) is 6.61 Å². The van der Waals surface area contributed by atoms with Crippen LogP contribution in [0.15, 0.2) is 24.5 Å². The first-order valence-electron chi connectivity index (χ1n) is 8.09. The minimum atomic E-state index is -0.617. The lowest BCUT2D eigenvalue weighted by atomic mass is 10.00. The summed E-state index contributed by atoms with van der Waals surface area (Å²) in [6, 6.07) is 4.66. The van der Waals surface area contributed by atoms with Crippen LogP contribution in [-0.2, 0) is 4.74 Å². The zero-order chi connectivity index (χ0) is 17.8. The van der Waals surface area contributed by atoms with Crippen LogP contribution in [0.25, 0.3) is 11.3 Å². The smallest absolute Gasteiger partial charge is 0.413 e. The number of nitrogens with one attached hydrogen (secondary N) is 2. The molecule has 2 atom stereocenters. The van der Waals surface area contributed by atoms with E-state index in [1.54, 1.807) is 18.5 Å². The Labute approximate surface area is 146 Å². The Balaban J connectivity index is 1.69. The SMILES string of the molecule is COC(=O)Nc1nccc(-c2cnc(OCC3CC(C)N3)c(C)c2)n1. The molecule has 3 heterocycles. The van der Waals surface area contributed by atoms with Crippen LogP contribution in [0, 0.1) is 6.92 Å². The van der Waals surface area contributed by atoms with Gasteiger partial charge in [-0.25, -0.2) is 19.7 Å². The van der Waals surface area contributed by atoms with E-state index in [0.717, 1.165) is 17.5 Å². The van der Waals surface area contributed by atoms with Crippen LogP contribution in [0.4, 0.5) is 10.7 Å². The highest BCUT2D eigenvalue weighted by Gasteiger charge is 2.24. The molecule has 0 saturated carbocycles. The number of ether oxygens (including phenoxy) is 2. The van der Waals surface area contributed by atoms with Gasteiger partial charge in [0.05, 0.1) is 12.8 Å². The highest BCUT2D eigenvalue weighted by atomic mass is 16.5. The van der Waals surface area contributed by atoms with E-state index in [1.165, 1.54) is 7.11 Å². The van der Waals surface area contributed by atoms with Crippen molar-refractivity contribution in [3.8, 4) is 17.1 Å². The van der Waals surface area contributed by atoms with E-state index >= 15 is 0 Å². The molecule has 1 fully saturated rings. The minimum Gasteiger partial charge on any atom is -0.476 e. The van der Waals surface area contributed by atoms with Crippen molar-refractivity contribution in [1.82, 2.24) is 20.3 Å². The van der Waals surface area contributed by atoms with E-state index in [4.69, 9.17) is 4.74 Å². The third-order valence-corrected chi connectivity index (χ3v) is 3.96. The monoisotopic (exact) mass is 343 g/mol. The number of aromatic nitrogens is 3. The number of carbonyl (C=O) groups excluding carboxylic acids is 1. The molecule has 0 spiro atoms. The van der Waals surface area contributed by atoms with E-state index < -0.39 is 6.09 Å². The quantitative estimate of drug-likeness (QED) is 0.858. The van der Waals surface area contributed by atoms with Gasteiger partial charge in [0, 0.05) is 35.6 Å². The molecule has 0 bridgehead atoms. The number of amides is 1. The number of pyridine rings is 1. The third kappa shape index (κ3) is 4.21. The molecular weight excluding hydrogens is 322 g/mol. The van der Waals surface area contributed by atoms with Crippen molar-refractivity contribution in [2.75, 3.05) is 19.0 Å². The molecule has 3 rings (SSSR count). The number of anilines is 1. The van der Waals surface area contributed by atoms with Crippen LogP contribution in [0.1, 0.15) is 18.9 Å². The van der Waals surface area contributed by atoms with Crippen LogP contribution in [0.2, 0.25) is 0 Å². The second kappa shape index (κ2) is 7.43. The molecule has 1 saturated heterocycles. The largest absolute Gasteiger partial charge is 0.476 e. The Hall–Kier alpha value is -2.74. The Morgan fingerprint density at radius 2 is 2.24 bits per heavy atom. The lowest BCUT2D eigenvalue weighted by molar-refractivity contribution is 0.176. The first kappa shape index (κ1) is 17.1. The Morgan fingerprint density at radius 3 is 2.92 bits per heavy atom. The van der Waals surface area contributed by atoms with E-state index in [0.29, 0.717) is 30.3 Å². The maximum Gasteiger partial charge on any atom is 0.413 e. The highest BCUT2D eigenvalue weighted by molar-refractivity contribution is 5.82. The second-order valence-corrected chi connectivity index (χ2v) is 6.04. The van der Waals surface area contributed by atoms with Gasteiger partial charge in [0.25, 0.3) is 0 Å². The van der Waals surface area contributed by atoms with Crippen LogP contribution in [0.5, 0.6) is 5.88 Å². The van der Waals surface area contributed by atoms with Crippen molar-refractivity contribution >= 4 is 12.0 Å². The zero-order valence-electron chi connectivity index (χ0n) is 14.4. The van der Waals surface area contributed by atoms with E-state index in [1.807, 2.05) is 13.0 Å². The Bertz CT molecular complexity index is 762. The first-order chi connectivity index (χ1) is 12.0. The normalized spacial score (nSPS) is 19.0. The summed E-state index contributed by atoms with van der Waals surface area (Å²) >= 11 is 0. The van der Waals surface area contributed by atoms with E-state index in [2.05, 4.69) is 37.2 Å². The van der Waals surface area contributed by atoms with Gasteiger partial charge in [-0.05, 0) is 32.4 Å². The minimum absolute atomic E-state index is 0.174. The lowest BCUT2D eigenvalue weighted by Gasteiger charge is -2.34. The summed E-state index contributed by atoms with van der Waals surface area (Å²) in [5.74, 6) is 0.791. The molecule has 2 aromatic heterocycles. The molecule has 132 valence electrons. The van der Waals surface area contributed by atoms with Crippen LogP contribution in [0.3, 0.4) is 0 Å². The lowest BCUT2D eigenvalue weighted by Crippen LogP contribution is -2.53. The molecule has 2 N–H and O–H groups in total. The first-order valence-corrected chi connectivity index (χ1v) is 8.09. The molecule has 1 aliphatic heterocycles. The van der Waals surface area contributed by atoms with Crippen LogP contribution < -0.4 is 15.4 Å². The fourth-order valence-electron chi connectivity index (χ4n) is 2.68. The van der Waals surface area contributed by atoms with Gasteiger partial charge in [0.15, 0.2) is 0 Å². The molecule has 1 amide bonds. The maximum atomic E-state index is 11.3. The van der Waals surface area contributed by atoms with Gasteiger partial charge < -0.3 is 14.8 Å². The molecule has 0 radical (unpaired) electrons. The van der Waals surface area contributed by atoms with Gasteiger partial charge >= 0.3 is 6.09 Å². The number of nitrogens with zero attached hydrogens (tertiary/aromatic N) is 3. The summed E-state index contributed by atoms with van der Waals surface area (Å²) in [6.07, 6.45) is 3.77. The van der Waals surface area contributed by atoms with Gasteiger partial charge in [-0.2, -0.15) is 0 Å². The molecular formula is C17H21N5O3. The number of hydrogen-bond acceptors (Lipinski definition) is 7. The molecule has 25 heavy (non-hydrogen) atoms. The Kier molecular flexibility index (Phi) is 5.08. The van der Waals surface area contributed by atoms with Crippen molar-refractivity contribution in [2.24, 2.45) is 0 Å². The Morgan fingerprint density at radius 1 is 1.44 bits per heavy atom. The fraction of sp³-hybridized carbons (Fsp3) is 0.412. The predicted molar refractivity (Wildman–Crippen MR) is 92.5 cm³/mol. The molecule has 8 nitrogen and oxygen atoms in total. The summed E-state index contributed by atoms with van der Waals surface area (Å²) in [5, 5.41) is 5.82. The van der Waals surface area contributed by atoms with E-state index in [9.17, 15) is 4.79 Å². The molecule has 0 aliphatic carbocycles. The van der Waals surface area contributed by atoms with Gasteiger partial charge in [-0.15, -0.1) is 0 Å². The van der Waals surface area contributed by atoms with Crippen LogP contribution >= 0.6 is 0 Å². The number of rotatable bonds is 5. The van der Waals surface area contributed by atoms with Crippen molar-refractivity contribution in [3.05, 3.63) is 30.1 Å². The number of aryl methyl sites for hydroxylation is 1. The van der Waals surface area contributed by atoms with Gasteiger partial charge in [0.2, 0.25) is 11.8 Å². The third-order valence-electron chi connectivity index (χ3n) is 3.96. The van der Waals surface area contributed by atoms with Crippen molar-refractivity contribution in [3.63, 3.8) is 0 Å². The average molecular weight is 343 g/mol. The summed E-state index contributed by atoms with van der Waals surface area (Å²) in [7, 11) is 1.28. The number of methoxy groups -OCH3 is 1. The topological polar surface area (TPSA) is 98.3 Å². The fourth-order valence-corrected chi connectivity index (χ4v) is 2.68. The summed E-state index contributed by atoms with van der Waals surface area (Å²) in [4.78, 5) is 23.9. The highest BCUT2D eigenvalue weighted by Crippen LogP contribution is 2.23. The summed E-state index contributed by atoms with van der Waals surface area (Å²) in [6.45, 7) is 4.70. The van der Waals surface area contributed by atoms with Crippen molar-refractivity contribution in [1.29, 1.82) is 0 Å². The number of hydrogen-bond donors (Lipinski definition) is 2. The zero-order valence-corrected chi connectivity index (χ0v) is 14.4. The predicted octanol–water partition coefficient (Wildman–Crippen LogP) is 2.15. The molecule has 1 aliphatic rings. The van der Waals surface area contributed by atoms with Gasteiger partial charge in [-0.3, -0.25) is 5.32 Å². The second-order valence-electron chi connectivity index (χ2n) is 6.04. The van der Waals surface area contributed by atoms with Crippen LogP contribution in [-0.4, -0.2) is 46.8 Å². The standard InChI is InChI=1S/C17H21N5O3/c1-10-6-12(8-19-15(10)25-9-13-7-11(2)20-13)14-4-5-18-16(21-14)22-17(23)24-3/h4-6,8,11,13,20H,7,9H2,1-3H3,(H,18,21,22,23). The van der Waals surface area contributed by atoms with Gasteiger partial charge in [-0.1, -0.05) is 0 Å². The van der Waals surface area contributed by atoms with Crippen molar-refractivity contribution in [2.45, 2.75) is 32.4 Å². The summed E-state index contributed by atoms with van der Waals surface area (Å²) < 4.78 is 10.3. The molecule has 2 unspecified atom stereocenters. The summed E-state index contributed by atoms with van der Waals surface area (Å²) in [5.41, 5.74) is 2.39. The molecule has 0 aromatic carbocycles. The van der Waals surface area contributed by atoms with E-state index in [-0.39, 0.29) is 5.95 Å². The molecule has 2 aromatic rings.